The van der Waals surface area contributed by atoms with E-state index in [4.69, 9.17) is 4.74 Å². The van der Waals surface area contributed by atoms with Gasteiger partial charge in [-0.15, -0.1) is 0 Å². The van der Waals surface area contributed by atoms with Crippen LogP contribution < -0.4 is 5.32 Å². The number of hydrogen-bond acceptors (Lipinski definition) is 3. The van der Waals surface area contributed by atoms with Gasteiger partial charge in [-0.1, -0.05) is 0 Å². The highest BCUT2D eigenvalue weighted by atomic mass is 16.5. The summed E-state index contributed by atoms with van der Waals surface area (Å²) in [5, 5.41) is 7.58. The third kappa shape index (κ3) is 4.88. The molecule has 1 heterocycles. The van der Waals surface area contributed by atoms with E-state index < -0.39 is 0 Å². The summed E-state index contributed by atoms with van der Waals surface area (Å²) in [6, 6.07) is 2.07. The number of nitrogens with zero attached hydrogens (tertiary/aromatic N) is 2. The molecule has 4 heteroatoms. The predicted molar refractivity (Wildman–Crippen MR) is 67.9 cm³/mol. The van der Waals surface area contributed by atoms with Crippen molar-refractivity contribution in [2.24, 2.45) is 13.0 Å². The predicted octanol–water partition coefficient (Wildman–Crippen LogP) is 1.37. The fraction of sp³-hybridized carbons (Fsp3) is 0.769. The van der Waals surface area contributed by atoms with Gasteiger partial charge in [0.1, 0.15) is 0 Å². The Balaban J connectivity index is 1.39. The molecule has 0 aliphatic heterocycles. The molecule has 17 heavy (non-hydrogen) atoms. The van der Waals surface area contributed by atoms with Crippen LogP contribution in [0.5, 0.6) is 0 Å². The molecule has 1 aromatic heterocycles. The Bertz CT molecular complexity index is 320. The Hall–Kier alpha value is -0.870. The molecular weight excluding hydrogens is 214 g/mol. The van der Waals surface area contributed by atoms with Gasteiger partial charge >= 0.3 is 0 Å². The molecule has 1 fully saturated rings. The van der Waals surface area contributed by atoms with Crippen LogP contribution in [0.4, 0.5) is 0 Å². The van der Waals surface area contributed by atoms with Crippen LogP contribution in [-0.2, 0) is 18.2 Å². The van der Waals surface area contributed by atoms with E-state index >= 15 is 0 Å². The number of ether oxygens (including phenoxy) is 1. The van der Waals surface area contributed by atoms with Gasteiger partial charge in [-0.2, -0.15) is 5.10 Å². The largest absolute Gasteiger partial charge is 0.381 e. The third-order valence-electron chi connectivity index (χ3n) is 3.17. The summed E-state index contributed by atoms with van der Waals surface area (Å²) in [6.45, 7) is 3.94. The topological polar surface area (TPSA) is 39.1 Å². The quantitative estimate of drug-likeness (QED) is 0.659. The van der Waals surface area contributed by atoms with Crippen LogP contribution in [0.2, 0.25) is 0 Å². The van der Waals surface area contributed by atoms with Crippen LogP contribution in [0.3, 0.4) is 0 Å². The Labute approximate surface area is 103 Å². The summed E-state index contributed by atoms with van der Waals surface area (Å²) in [6.07, 6.45) is 6.75. The maximum absolute atomic E-state index is 5.58. The first-order valence-electron chi connectivity index (χ1n) is 6.61. The lowest BCUT2D eigenvalue weighted by Gasteiger charge is -2.06. The second-order valence-electron chi connectivity index (χ2n) is 4.82. The van der Waals surface area contributed by atoms with Crippen molar-refractivity contribution < 1.29 is 4.74 Å². The zero-order valence-electron chi connectivity index (χ0n) is 10.7. The van der Waals surface area contributed by atoms with Gasteiger partial charge in [-0.25, -0.2) is 0 Å². The van der Waals surface area contributed by atoms with E-state index in [9.17, 15) is 0 Å². The lowest BCUT2D eigenvalue weighted by molar-refractivity contribution is 0.122. The minimum absolute atomic E-state index is 0.882. The molecule has 96 valence electrons. The summed E-state index contributed by atoms with van der Waals surface area (Å²) in [7, 11) is 1.99. The van der Waals surface area contributed by atoms with Crippen molar-refractivity contribution in [1.82, 2.24) is 15.1 Å². The first-order valence-corrected chi connectivity index (χ1v) is 6.61. The third-order valence-corrected chi connectivity index (χ3v) is 3.17. The highest BCUT2D eigenvalue weighted by Gasteiger charge is 2.20. The van der Waals surface area contributed by atoms with Crippen LogP contribution in [0.25, 0.3) is 0 Å². The molecule has 2 rings (SSSR count). The highest BCUT2D eigenvalue weighted by molar-refractivity contribution is 5.00. The monoisotopic (exact) mass is 237 g/mol. The van der Waals surface area contributed by atoms with E-state index in [1.54, 1.807) is 0 Å². The van der Waals surface area contributed by atoms with Crippen LogP contribution in [0, 0.1) is 5.92 Å². The zero-order valence-corrected chi connectivity index (χ0v) is 10.7. The van der Waals surface area contributed by atoms with Crippen molar-refractivity contribution in [2.75, 3.05) is 26.3 Å². The van der Waals surface area contributed by atoms with Gasteiger partial charge in [0.25, 0.3) is 0 Å². The van der Waals surface area contributed by atoms with Crippen molar-refractivity contribution in [2.45, 2.75) is 25.7 Å². The Morgan fingerprint density at radius 2 is 2.35 bits per heavy atom. The molecule has 0 spiro atoms. The first kappa shape index (κ1) is 12.6. The lowest BCUT2D eigenvalue weighted by atomic mass is 10.3. The van der Waals surface area contributed by atoms with Gasteiger partial charge in [0.15, 0.2) is 0 Å². The van der Waals surface area contributed by atoms with Gasteiger partial charge in [-0.3, -0.25) is 4.68 Å². The summed E-state index contributed by atoms with van der Waals surface area (Å²) < 4.78 is 7.51. The highest BCUT2D eigenvalue weighted by Crippen LogP contribution is 2.28. The molecule has 0 saturated heterocycles. The van der Waals surface area contributed by atoms with Gasteiger partial charge in [-0.05, 0) is 37.8 Å². The van der Waals surface area contributed by atoms with Crippen LogP contribution in [0.1, 0.15) is 25.0 Å². The molecular formula is C13H23N3O. The molecule has 0 amide bonds. The standard InChI is InChI=1S/C13H23N3O/c1-16-13(6-9-15-16)5-8-14-7-2-10-17-11-12-3-4-12/h6,9,12,14H,2-5,7-8,10-11H2,1H3. The van der Waals surface area contributed by atoms with Crippen molar-refractivity contribution in [3.05, 3.63) is 18.0 Å². The molecule has 1 N–H and O–H groups in total. The summed E-state index contributed by atoms with van der Waals surface area (Å²) in [5.41, 5.74) is 1.28. The maximum atomic E-state index is 5.58. The Kier molecular flexibility index (Phi) is 5.01. The number of nitrogens with one attached hydrogen (secondary N) is 1. The fourth-order valence-electron chi connectivity index (χ4n) is 1.82. The van der Waals surface area contributed by atoms with Gasteiger partial charge in [0.2, 0.25) is 0 Å². The zero-order chi connectivity index (χ0) is 11.9. The number of aromatic nitrogens is 2. The van der Waals surface area contributed by atoms with Gasteiger partial charge in [0.05, 0.1) is 0 Å². The van der Waals surface area contributed by atoms with E-state index in [2.05, 4.69) is 16.5 Å². The Morgan fingerprint density at radius 1 is 1.47 bits per heavy atom. The molecule has 0 radical (unpaired) electrons. The summed E-state index contributed by atoms with van der Waals surface area (Å²) in [5.74, 6) is 0.882. The van der Waals surface area contributed by atoms with Gasteiger partial charge in [0, 0.05) is 45.1 Å². The SMILES string of the molecule is Cn1nccc1CCNCCCOCC1CC1. The number of rotatable bonds is 9. The minimum atomic E-state index is 0.882. The molecule has 1 aliphatic carbocycles. The molecule has 0 unspecified atom stereocenters. The average Bonchev–Trinajstić information content (AvgIpc) is 3.06. The van der Waals surface area contributed by atoms with Crippen molar-refractivity contribution in [3.8, 4) is 0 Å². The van der Waals surface area contributed by atoms with Crippen molar-refractivity contribution >= 4 is 0 Å². The fourth-order valence-corrected chi connectivity index (χ4v) is 1.82. The smallest absolute Gasteiger partial charge is 0.0494 e. The maximum Gasteiger partial charge on any atom is 0.0494 e. The molecule has 1 aliphatic rings. The lowest BCUT2D eigenvalue weighted by Crippen LogP contribution is -2.20. The van der Waals surface area contributed by atoms with Gasteiger partial charge < -0.3 is 10.1 Å². The van der Waals surface area contributed by atoms with E-state index in [1.807, 2.05) is 17.9 Å². The van der Waals surface area contributed by atoms with Crippen molar-refractivity contribution in [1.29, 1.82) is 0 Å². The summed E-state index contributed by atoms with van der Waals surface area (Å²) >= 11 is 0. The van der Waals surface area contributed by atoms with E-state index in [0.29, 0.717) is 0 Å². The second-order valence-corrected chi connectivity index (χ2v) is 4.82. The molecule has 0 bridgehead atoms. The minimum Gasteiger partial charge on any atom is -0.381 e. The van der Waals surface area contributed by atoms with E-state index in [0.717, 1.165) is 45.1 Å². The molecule has 4 nitrogen and oxygen atoms in total. The number of hydrogen-bond donors (Lipinski definition) is 1. The van der Waals surface area contributed by atoms with Crippen molar-refractivity contribution in [3.63, 3.8) is 0 Å². The normalized spacial score (nSPS) is 15.4. The molecule has 0 atom stereocenters. The van der Waals surface area contributed by atoms with E-state index in [-0.39, 0.29) is 0 Å². The average molecular weight is 237 g/mol. The number of aryl methyl sites for hydroxylation is 1. The molecule has 1 aromatic rings. The molecule has 0 aromatic carbocycles. The Morgan fingerprint density at radius 3 is 3.06 bits per heavy atom. The van der Waals surface area contributed by atoms with Crippen LogP contribution >= 0.6 is 0 Å². The summed E-state index contributed by atoms with van der Waals surface area (Å²) in [4.78, 5) is 0. The van der Waals surface area contributed by atoms with E-state index in [1.165, 1.54) is 18.5 Å². The van der Waals surface area contributed by atoms with Crippen LogP contribution in [-0.4, -0.2) is 36.1 Å². The molecule has 1 saturated carbocycles. The van der Waals surface area contributed by atoms with Crippen LogP contribution in [0.15, 0.2) is 12.3 Å². The second kappa shape index (κ2) is 6.77. The first-order chi connectivity index (χ1) is 8.36.